The molecule has 9 nitrogen and oxygen atoms in total. The second kappa shape index (κ2) is 9.49. The van der Waals surface area contributed by atoms with E-state index in [1.54, 1.807) is 23.5 Å². The van der Waals surface area contributed by atoms with Gasteiger partial charge in [0, 0.05) is 19.1 Å². The van der Waals surface area contributed by atoms with Gasteiger partial charge in [-0.3, -0.25) is 14.4 Å². The molecule has 1 saturated carbocycles. The lowest BCUT2D eigenvalue weighted by Gasteiger charge is -2.44. The Kier molecular flexibility index (Phi) is 6.22. The number of aromatic nitrogens is 2. The van der Waals surface area contributed by atoms with Gasteiger partial charge in [-0.15, -0.1) is 0 Å². The number of hydrogen-bond donors (Lipinski definition) is 2. The number of ether oxygens (including phenoxy) is 1. The predicted molar refractivity (Wildman–Crippen MR) is 132 cm³/mol. The molecule has 1 aliphatic carbocycles. The zero-order valence-electron chi connectivity index (χ0n) is 20.4. The quantitative estimate of drug-likeness (QED) is 0.508. The number of nitrogens with one attached hydrogen (secondary N) is 2. The highest BCUT2D eigenvalue weighted by molar-refractivity contribution is 6.07. The van der Waals surface area contributed by atoms with Crippen LogP contribution in [-0.4, -0.2) is 50.9 Å². The maximum Gasteiger partial charge on any atom is 0.274 e. The van der Waals surface area contributed by atoms with E-state index in [4.69, 9.17) is 4.74 Å². The number of fused-ring (bicyclic) bond motifs is 1. The molecule has 5 rings (SSSR count). The number of methoxy groups -OCH3 is 1. The van der Waals surface area contributed by atoms with E-state index in [0.29, 0.717) is 6.54 Å². The molecule has 0 radical (unpaired) electrons. The first-order valence-corrected chi connectivity index (χ1v) is 12.0. The van der Waals surface area contributed by atoms with E-state index in [2.05, 4.69) is 15.6 Å². The fraction of sp³-hybridized carbons (Fsp3) is 0.333. The summed E-state index contributed by atoms with van der Waals surface area (Å²) in [5.41, 5.74) is 1.09. The Bertz CT molecular complexity index is 1280. The third kappa shape index (κ3) is 4.44. The third-order valence-electron chi connectivity index (χ3n) is 6.79. The van der Waals surface area contributed by atoms with Gasteiger partial charge >= 0.3 is 0 Å². The van der Waals surface area contributed by atoms with Crippen molar-refractivity contribution >= 4 is 17.7 Å². The van der Waals surface area contributed by atoms with E-state index >= 15 is 0 Å². The van der Waals surface area contributed by atoms with Crippen molar-refractivity contribution in [3.63, 3.8) is 0 Å². The second-order valence-electron chi connectivity index (χ2n) is 9.45. The normalized spacial score (nSPS) is 18.9. The minimum absolute atomic E-state index is 0.0242. The molecule has 3 amide bonds. The van der Waals surface area contributed by atoms with Crippen molar-refractivity contribution in [1.29, 1.82) is 0 Å². The van der Waals surface area contributed by atoms with E-state index in [1.165, 1.54) is 6.33 Å². The van der Waals surface area contributed by atoms with Gasteiger partial charge in [0.05, 0.1) is 20.0 Å². The van der Waals surface area contributed by atoms with Gasteiger partial charge in [0.2, 0.25) is 5.91 Å². The molecule has 2 heterocycles. The van der Waals surface area contributed by atoms with Gasteiger partial charge in [-0.05, 0) is 43.0 Å². The van der Waals surface area contributed by atoms with Gasteiger partial charge in [0.15, 0.2) is 5.69 Å². The molecule has 186 valence electrons. The van der Waals surface area contributed by atoms with E-state index in [-0.39, 0.29) is 42.3 Å². The number of carbonyl (C=O) groups is 3. The highest BCUT2D eigenvalue weighted by Gasteiger charge is 2.53. The molecule has 1 fully saturated rings. The highest BCUT2D eigenvalue weighted by Crippen LogP contribution is 2.38. The largest absolute Gasteiger partial charge is 0.497 e. The van der Waals surface area contributed by atoms with Crippen molar-refractivity contribution in [1.82, 2.24) is 25.1 Å². The van der Waals surface area contributed by atoms with Crippen LogP contribution in [0.3, 0.4) is 0 Å². The summed E-state index contributed by atoms with van der Waals surface area (Å²) in [6.07, 6.45) is 3.14. The van der Waals surface area contributed by atoms with Gasteiger partial charge in [0.25, 0.3) is 11.8 Å². The van der Waals surface area contributed by atoms with Gasteiger partial charge in [-0.25, -0.2) is 4.98 Å². The summed E-state index contributed by atoms with van der Waals surface area (Å²) in [6, 6.07) is 17.0. The molecule has 1 aromatic heterocycles. The monoisotopic (exact) mass is 487 g/mol. The van der Waals surface area contributed by atoms with Crippen molar-refractivity contribution in [3.8, 4) is 5.75 Å². The molecule has 2 aromatic carbocycles. The fourth-order valence-electron chi connectivity index (χ4n) is 4.70. The van der Waals surface area contributed by atoms with E-state index in [9.17, 15) is 14.4 Å². The van der Waals surface area contributed by atoms with Crippen LogP contribution in [0.15, 0.2) is 60.9 Å². The Hall–Kier alpha value is -4.14. The lowest BCUT2D eigenvalue weighted by molar-refractivity contribution is -0.133. The number of nitrogens with zero attached hydrogens (tertiary/aromatic N) is 3. The molecule has 0 bridgehead atoms. The first-order chi connectivity index (χ1) is 17.4. The Morgan fingerprint density at radius 1 is 1.03 bits per heavy atom. The lowest BCUT2D eigenvalue weighted by atomic mass is 9.93. The maximum absolute atomic E-state index is 13.7. The average molecular weight is 488 g/mol. The van der Waals surface area contributed by atoms with Crippen LogP contribution in [0.1, 0.15) is 51.9 Å². The minimum atomic E-state index is -1.09. The van der Waals surface area contributed by atoms with Crippen molar-refractivity contribution in [2.75, 3.05) is 7.11 Å². The zero-order chi connectivity index (χ0) is 25.3. The van der Waals surface area contributed by atoms with Gasteiger partial charge in [-0.1, -0.05) is 42.5 Å². The standard InChI is InChI=1S/C27H29N5O4/c1-27(26(35)29-15-18-6-4-3-5-7-18)16-31-17-30-22(23(31)25(34)32(27)20-10-11-20)24(33)28-14-19-8-12-21(36-2)13-9-19/h3-9,12-13,17,20H,10-11,14-16H2,1-2H3,(H,28,33)(H,29,35). The summed E-state index contributed by atoms with van der Waals surface area (Å²) in [5, 5.41) is 5.84. The van der Waals surface area contributed by atoms with E-state index in [1.807, 2.05) is 54.6 Å². The molecule has 3 aromatic rings. The number of carbonyl (C=O) groups excluding carboxylic acids is 3. The summed E-state index contributed by atoms with van der Waals surface area (Å²) in [5.74, 6) is -0.264. The molecule has 2 aliphatic rings. The lowest BCUT2D eigenvalue weighted by Crippen LogP contribution is -2.64. The van der Waals surface area contributed by atoms with Gasteiger partial charge in [-0.2, -0.15) is 0 Å². The second-order valence-corrected chi connectivity index (χ2v) is 9.45. The number of rotatable bonds is 8. The number of amides is 3. The van der Waals surface area contributed by atoms with Crippen LogP contribution in [0.5, 0.6) is 5.75 Å². The Balaban J connectivity index is 1.34. The van der Waals surface area contributed by atoms with Crippen molar-refractivity contribution in [3.05, 3.63) is 83.4 Å². The van der Waals surface area contributed by atoms with Crippen molar-refractivity contribution < 1.29 is 19.1 Å². The molecule has 1 aliphatic heterocycles. The number of hydrogen-bond acceptors (Lipinski definition) is 5. The summed E-state index contributed by atoms with van der Waals surface area (Å²) in [6.45, 7) is 2.67. The van der Waals surface area contributed by atoms with Gasteiger partial charge in [0.1, 0.15) is 17.0 Å². The van der Waals surface area contributed by atoms with Crippen molar-refractivity contribution in [2.24, 2.45) is 0 Å². The Morgan fingerprint density at radius 3 is 2.36 bits per heavy atom. The van der Waals surface area contributed by atoms with Crippen LogP contribution in [0.25, 0.3) is 0 Å². The first-order valence-electron chi connectivity index (χ1n) is 12.0. The average Bonchev–Trinajstić information content (AvgIpc) is 3.64. The number of imidazole rings is 1. The predicted octanol–water partition coefficient (Wildman–Crippen LogP) is 2.52. The molecule has 1 atom stereocenters. The highest BCUT2D eigenvalue weighted by atomic mass is 16.5. The number of benzene rings is 2. The molecule has 9 heteroatoms. The molecule has 0 saturated heterocycles. The van der Waals surface area contributed by atoms with Gasteiger partial charge < -0.3 is 24.8 Å². The topological polar surface area (TPSA) is 106 Å². The van der Waals surface area contributed by atoms with E-state index < -0.39 is 11.4 Å². The molecular formula is C27H29N5O4. The van der Waals surface area contributed by atoms with Crippen LogP contribution in [0.4, 0.5) is 0 Å². The summed E-state index contributed by atoms with van der Waals surface area (Å²) in [4.78, 5) is 46.1. The molecule has 0 spiro atoms. The fourth-order valence-corrected chi connectivity index (χ4v) is 4.70. The van der Waals surface area contributed by atoms with Crippen LogP contribution >= 0.6 is 0 Å². The zero-order valence-corrected chi connectivity index (χ0v) is 20.4. The minimum Gasteiger partial charge on any atom is -0.497 e. The van der Waals surface area contributed by atoms with Crippen molar-refractivity contribution in [2.45, 2.75) is 51.0 Å². The molecule has 36 heavy (non-hydrogen) atoms. The van der Waals surface area contributed by atoms with E-state index in [0.717, 1.165) is 29.7 Å². The van der Waals surface area contributed by atoms with Crippen LogP contribution in [0.2, 0.25) is 0 Å². The first kappa shape index (κ1) is 23.6. The SMILES string of the molecule is COc1ccc(CNC(=O)c2ncn3c2C(=O)N(C2CC2)C(C)(C(=O)NCc2ccccc2)C3)cc1. The maximum atomic E-state index is 13.7. The van der Waals surface area contributed by atoms with Crippen LogP contribution in [0, 0.1) is 0 Å². The Morgan fingerprint density at radius 2 is 1.69 bits per heavy atom. The smallest absolute Gasteiger partial charge is 0.274 e. The molecule has 1 unspecified atom stereocenters. The van der Waals surface area contributed by atoms with Crippen LogP contribution < -0.4 is 15.4 Å². The summed E-state index contributed by atoms with van der Waals surface area (Å²) >= 11 is 0. The summed E-state index contributed by atoms with van der Waals surface area (Å²) in [7, 11) is 1.60. The molecule has 2 N–H and O–H groups in total. The Labute approximate surface area is 209 Å². The van der Waals surface area contributed by atoms with Crippen LogP contribution in [-0.2, 0) is 24.4 Å². The third-order valence-corrected chi connectivity index (χ3v) is 6.79. The summed E-state index contributed by atoms with van der Waals surface area (Å²) < 4.78 is 6.79. The molecular weight excluding hydrogens is 458 g/mol.